The Morgan fingerprint density at radius 3 is 2.63 bits per heavy atom. The van der Waals surface area contributed by atoms with Crippen molar-refractivity contribution in [3.8, 4) is 5.69 Å². The van der Waals surface area contributed by atoms with E-state index >= 15 is 0 Å². The summed E-state index contributed by atoms with van der Waals surface area (Å²) < 4.78 is 59.4. The van der Waals surface area contributed by atoms with E-state index in [1.165, 1.54) is 23.8 Å². The van der Waals surface area contributed by atoms with Gasteiger partial charge in [-0.25, -0.2) is 21.9 Å². The third kappa shape index (κ3) is 4.51. The molecule has 2 fully saturated rings. The van der Waals surface area contributed by atoms with Gasteiger partial charge in [0.2, 0.25) is 10.0 Å². The quantitative estimate of drug-likeness (QED) is 0.271. The highest BCUT2D eigenvalue weighted by atomic mass is 32.2. The maximum absolute atomic E-state index is 14.5. The van der Waals surface area contributed by atoms with Gasteiger partial charge in [0.15, 0.2) is 0 Å². The van der Waals surface area contributed by atoms with E-state index in [2.05, 4.69) is 16.2 Å². The molecular formula is C32H30F2N4O2S. The summed E-state index contributed by atoms with van der Waals surface area (Å²) in [5.41, 5.74) is 5.36. The fourth-order valence-corrected chi connectivity index (χ4v) is 9.06. The predicted octanol–water partition coefficient (Wildman–Crippen LogP) is 5.73. The first-order valence-corrected chi connectivity index (χ1v) is 15.6. The number of pyridine rings is 1. The molecule has 0 aliphatic heterocycles. The molecule has 9 heteroatoms. The van der Waals surface area contributed by atoms with Crippen LogP contribution in [-0.2, 0) is 28.6 Å². The van der Waals surface area contributed by atoms with E-state index < -0.39 is 10.0 Å². The van der Waals surface area contributed by atoms with Gasteiger partial charge < -0.3 is 0 Å². The molecule has 3 atom stereocenters. The zero-order valence-electron chi connectivity index (χ0n) is 22.5. The van der Waals surface area contributed by atoms with Crippen molar-refractivity contribution < 1.29 is 17.2 Å². The fraction of sp³-hybridized carbons (Fsp3) is 0.312. The van der Waals surface area contributed by atoms with Crippen molar-refractivity contribution in [1.82, 2.24) is 19.1 Å². The number of nitrogens with zero attached hydrogens (tertiary/aromatic N) is 4. The number of halogens is 2. The smallest absolute Gasteiger partial charge is 0.218 e. The van der Waals surface area contributed by atoms with Crippen LogP contribution in [-0.4, -0.2) is 40.1 Å². The third-order valence-electron chi connectivity index (χ3n) is 9.24. The van der Waals surface area contributed by atoms with E-state index in [1.807, 2.05) is 10.9 Å². The van der Waals surface area contributed by atoms with Gasteiger partial charge in [-0.1, -0.05) is 29.8 Å². The monoisotopic (exact) mass is 572 g/mol. The number of hydrogen-bond acceptors (Lipinski definition) is 4. The summed E-state index contributed by atoms with van der Waals surface area (Å²) in [6, 6.07) is 16.3. The molecule has 3 aliphatic rings. The highest BCUT2D eigenvalue weighted by molar-refractivity contribution is 7.88. The molecule has 0 amide bonds. The summed E-state index contributed by atoms with van der Waals surface area (Å²) in [5.74, 6) is -0.554. The minimum Gasteiger partial charge on any atom is -0.264 e. The molecule has 2 heterocycles. The van der Waals surface area contributed by atoms with E-state index in [0.29, 0.717) is 17.5 Å². The SMILES string of the molecule is O=S(=O)(Cc1cccnc1)N(CCc1ccccc1F)C1C[C@]23Cc4cnn(-c5ccc(F)cc5)c4C=C2CC[C@H]13. The van der Waals surface area contributed by atoms with Crippen molar-refractivity contribution in [2.75, 3.05) is 6.54 Å². The first-order valence-electron chi connectivity index (χ1n) is 14.0. The maximum atomic E-state index is 14.5. The summed E-state index contributed by atoms with van der Waals surface area (Å²) in [4.78, 5) is 4.10. The molecule has 0 bridgehead atoms. The van der Waals surface area contributed by atoms with Crippen LogP contribution < -0.4 is 0 Å². The van der Waals surface area contributed by atoms with E-state index in [1.54, 1.807) is 59.2 Å². The predicted molar refractivity (Wildman–Crippen MR) is 152 cm³/mol. The van der Waals surface area contributed by atoms with Crippen molar-refractivity contribution >= 4 is 16.1 Å². The lowest BCUT2D eigenvalue weighted by Gasteiger charge is -2.56. The zero-order valence-corrected chi connectivity index (χ0v) is 23.3. The second-order valence-corrected chi connectivity index (χ2v) is 13.4. The molecule has 210 valence electrons. The van der Waals surface area contributed by atoms with Crippen LogP contribution in [0.1, 0.15) is 41.6 Å². The fourth-order valence-electron chi connectivity index (χ4n) is 7.30. The highest BCUT2D eigenvalue weighted by Crippen LogP contribution is 2.65. The molecule has 0 radical (unpaired) electrons. The first-order chi connectivity index (χ1) is 19.8. The van der Waals surface area contributed by atoms with Crippen LogP contribution in [0.2, 0.25) is 0 Å². The Labute approximate surface area is 238 Å². The molecule has 2 saturated carbocycles. The van der Waals surface area contributed by atoms with Gasteiger partial charge >= 0.3 is 0 Å². The minimum atomic E-state index is -3.69. The topological polar surface area (TPSA) is 68.1 Å². The Morgan fingerprint density at radius 1 is 1.02 bits per heavy atom. The minimum absolute atomic E-state index is 0.0889. The lowest BCUT2D eigenvalue weighted by molar-refractivity contribution is 0.00170. The number of hydrogen-bond donors (Lipinski definition) is 0. The lowest BCUT2D eigenvalue weighted by atomic mass is 9.53. The number of allylic oxidation sites excluding steroid dienone is 1. The Balaban J connectivity index is 1.18. The van der Waals surface area contributed by atoms with Crippen LogP contribution in [0.25, 0.3) is 11.8 Å². The largest absolute Gasteiger partial charge is 0.264 e. The van der Waals surface area contributed by atoms with Crippen molar-refractivity contribution in [3.05, 3.63) is 119 Å². The van der Waals surface area contributed by atoms with Gasteiger partial charge in [0.05, 0.1) is 23.3 Å². The van der Waals surface area contributed by atoms with Crippen molar-refractivity contribution in [1.29, 1.82) is 0 Å². The van der Waals surface area contributed by atoms with Crippen LogP contribution in [0.15, 0.2) is 84.8 Å². The third-order valence-corrected chi connectivity index (χ3v) is 11.1. The Hall–Kier alpha value is -3.69. The number of aromatic nitrogens is 3. The maximum Gasteiger partial charge on any atom is 0.218 e. The summed E-state index contributed by atoms with van der Waals surface area (Å²) >= 11 is 0. The van der Waals surface area contributed by atoms with Gasteiger partial charge in [-0.05, 0) is 97.2 Å². The van der Waals surface area contributed by atoms with Crippen molar-refractivity contribution in [2.45, 2.75) is 43.9 Å². The van der Waals surface area contributed by atoms with Crippen LogP contribution in [0.3, 0.4) is 0 Å². The molecular weight excluding hydrogens is 542 g/mol. The van der Waals surface area contributed by atoms with Crippen LogP contribution >= 0.6 is 0 Å². The molecule has 1 spiro atoms. The molecule has 1 unspecified atom stereocenters. The number of rotatable bonds is 8. The van der Waals surface area contributed by atoms with Crippen molar-refractivity contribution in [2.24, 2.45) is 11.3 Å². The van der Waals surface area contributed by atoms with Gasteiger partial charge in [0.1, 0.15) is 11.6 Å². The molecule has 0 N–H and O–H groups in total. The van der Waals surface area contributed by atoms with E-state index in [0.717, 1.165) is 42.6 Å². The summed E-state index contributed by atoms with van der Waals surface area (Å²) in [5, 5.41) is 4.62. The van der Waals surface area contributed by atoms with E-state index in [4.69, 9.17) is 0 Å². The normalized spacial score (nSPS) is 23.0. The molecule has 41 heavy (non-hydrogen) atoms. The molecule has 4 aromatic rings. The second-order valence-electron chi connectivity index (χ2n) is 11.4. The van der Waals surface area contributed by atoms with Gasteiger partial charge in [0, 0.05) is 30.4 Å². The summed E-state index contributed by atoms with van der Waals surface area (Å²) in [6.07, 6.45) is 11.0. The molecule has 2 aromatic heterocycles. The van der Waals surface area contributed by atoms with Gasteiger partial charge in [-0.3, -0.25) is 4.98 Å². The highest BCUT2D eigenvalue weighted by Gasteiger charge is 2.62. The van der Waals surface area contributed by atoms with Crippen LogP contribution in [0.4, 0.5) is 8.78 Å². The molecule has 7 rings (SSSR count). The summed E-state index contributed by atoms with van der Waals surface area (Å²) in [6.45, 7) is 0.230. The number of benzene rings is 2. The molecule has 0 saturated heterocycles. The Bertz CT molecular complexity index is 1740. The standard InChI is InChI=1S/C32H30F2N4O2S/c33-26-8-10-27(11-9-26)38-30-16-25-7-12-28-31(18-32(25,28)17-24(30)20-36-38)37(15-13-23-5-1-2-6-29(23)34)41(39,40)21-22-4-3-14-35-19-22/h1-6,8-11,14,16,19-20,28,31H,7,12-13,15,17-18,21H2/t28-,31?,32-/m1/s1. The van der Waals surface area contributed by atoms with Gasteiger partial charge in [0.25, 0.3) is 0 Å². The number of fused-ring (bicyclic) bond motifs is 1. The van der Waals surface area contributed by atoms with E-state index in [9.17, 15) is 17.2 Å². The number of sulfonamides is 1. The molecule has 3 aliphatic carbocycles. The second kappa shape index (κ2) is 9.99. The lowest BCUT2D eigenvalue weighted by Crippen LogP contribution is -2.60. The zero-order chi connectivity index (χ0) is 28.2. The van der Waals surface area contributed by atoms with Crippen LogP contribution in [0.5, 0.6) is 0 Å². The first kappa shape index (κ1) is 26.2. The average molecular weight is 573 g/mol. The van der Waals surface area contributed by atoms with Crippen molar-refractivity contribution in [3.63, 3.8) is 0 Å². The van der Waals surface area contributed by atoms with Gasteiger partial charge in [-0.15, -0.1) is 0 Å². The van der Waals surface area contributed by atoms with E-state index in [-0.39, 0.29) is 41.3 Å². The summed E-state index contributed by atoms with van der Waals surface area (Å²) in [7, 11) is -3.69. The average Bonchev–Trinajstić information content (AvgIpc) is 3.48. The Morgan fingerprint density at radius 2 is 1.85 bits per heavy atom. The molecule has 6 nitrogen and oxygen atoms in total. The van der Waals surface area contributed by atoms with Gasteiger partial charge in [-0.2, -0.15) is 9.40 Å². The Kier molecular flexibility index (Phi) is 6.39. The van der Waals surface area contributed by atoms with Crippen LogP contribution in [0, 0.1) is 23.0 Å². The molecule has 2 aromatic carbocycles.